The zero-order valence-corrected chi connectivity index (χ0v) is 9.76. The SMILES string of the molecule is CCN(CCC(C)O)Cc1cccs1. The first-order valence-electron chi connectivity index (χ1n) is 5.15. The van der Waals surface area contributed by atoms with Crippen molar-refractivity contribution in [3.8, 4) is 0 Å². The molecule has 1 aromatic rings. The Morgan fingerprint density at radius 3 is 2.86 bits per heavy atom. The van der Waals surface area contributed by atoms with Crippen LogP contribution in [0.25, 0.3) is 0 Å². The average Bonchev–Trinajstić information content (AvgIpc) is 2.64. The third-order valence-corrected chi connectivity index (χ3v) is 3.13. The maximum Gasteiger partial charge on any atom is 0.0524 e. The molecule has 1 unspecified atom stereocenters. The number of hydrogen-bond acceptors (Lipinski definition) is 3. The van der Waals surface area contributed by atoms with Crippen LogP contribution in [0.5, 0.6) is 0 Å². The van der Waals surface area contributed by atoms with Gasteiger partial charge in [0.15, 0.2) is 0 Å². The van der Waals surface area contributed by atoms with Crippen molar-refractivity contribution in [2.75, 3.05) is 13.1 Å². The highest BCUT2D eigenvalue weighted by molar-refractivity contribution is 7.09. The number of nitrogens with zero attached hydrogens (tertiary/aromatic N) is 1. The third kappa shape index (κ3) is 4.22. The molecule has 1 rings (SSSR count). The van der Waals surface area contributed by atoms with Gasteiger partial charge in [-0.25, -0.2) is 0 Å². The molecule has 0 saturated carbocycles. The molecule has 1 N–H and O–H groups in total. The molecule has 2 nitrogen and oxygen atoms in total. The summed E-state index contributed by atoms with van der Waals surface area (Å²) in [6.45, 7) is 7.05. The second-order valence-corrected chi connectivity index (χ2v) is 4.62. The fraction of sp³-hybridized carbons (Fsp3) is 0.636. The Morgan fingerprint density at radius 2 is 2.36 bits per heavy atom. The van der Waals surface area contributed by atoms with Crippen LogP contribution in [0, 0.1) is 0 Å². The van der Waals surface area contributed by atoms with E-state index < -0.39 is 0 Å². The molecule has 80 valence electrons. The summed E-state index contributed by atoms with van der Waals surface area (Å²) in [5.74, 6) is 0. The van der Waals surface area contributed by atoms with Crippen molar-refractivity contribution in [3.63, 3.8) is 0 Å². The van der Waals surface area contributed by atoms with E-state index in [9.17, 15) is 5.11 Å². The Kier molecular flexibility index (Phi) is 5.15. The van der Waals surface area contributed by atoms with Crippen molar-refractivity contribution in [3.05, 3.63) is 22.4 Å². The lowest BCUT2D eigenvalue weighted by Crippen LogP contribution is -2.25. The van der Waals surface area contributed by atoms with Crippen molar-refractivity contribution >= 4 is 11.3 Å². The van der Waals surface area contributed by atoms with Crippen LogP contribution in [-0.4, -0.2) is 29.2 Å². The van der Waals surface area contributed by atoms with Gasteiger partial charge in [-0.2, -0.15) is 0 Å². The first-order valence-corrected chi connectivity index (χ1v) is 6.03. The number of rotatable bonds is 6. The summed E-state index contributed by atoms with van der Waals surface area (Å²) in [4.78, 5) is 3.76. The molecule has 1 aromatic heterocycles. The van der Waals surface area contributed by atoms with E-state index in [0.717, 1.165) is 26.1 Å². The molecule has 0 radical (unpaired) electrons. The van der Waals surface area contributed by atoms with E-state index in [-0.39, 0.29) is 6.10 Å². The van der Waals surface area contributed by atoms with Crippen molar-refractivity contribution in [2.24, 2.45) is 0 Å². The highest BCUT2D eigenvalue weighted by Gasteiger charge is 2.05. The summed E-state index contributed by atoms with van der Waals surface area (Å²) < 4.78 is 0. The lowest BCUT2D eigenvalue weighted by Gasteiger charge is -2.20. The van der Waals surface area contributed by atoms with E-state index in [1.54, 1.807) is 11.3 Å². The molecule has 3 heteroatoms. The quantitative estimate of drug-likeness (QED) is 0.784. The molecule has 14 heavy (non-hydrogen) atoms. The van der Waals surface area contributed by atoms with Crippen molar-refractivity contribution < 1.29 is 5.11 Å². The average molecular weight is 213 g/mol. The molecule has 0 saturated heterocycles. The lowest BCUT2D eigenvalue weighted by molar-refractivity contribution is 0.156. The summed E-state index contributed by atoms with van der Waals surface area (Å²) in [5.41, 5.74) is 0. The number of aliphatic hydroxyl groups excluding tert-OH is 1. The minimum Gasteiger partial charge on any atom is -0.393 e. The predicted octanol–water partition coefficient (Wildman–Crippen LogP) is 2.34. The fourth-order valence-electron chi connectivity index (χ4n) is 1.34. The van der Waals surface area contributed by atoms with Gasteiger partial charge in [0, 0.05) is 18.0 Å². The minimum atomic E-state index is -0.188. The molecule has 1 heterocycles. The van der Waals surface area contributed by atoms with Gasteiger partial charge in [0.1, 0.15) is 0 Å². The first-order chi connectivity index (χ1) is 6.72. The van der Waals surface area contributed by atoms with E-state index >= 15 is 0 Å². The smallest absolute Gasteiger partial charge is 0.0524 e. The molecule has 1 atom stereocenters. The van der Waals surface area contributed by atoms with Gasteiger partial charge < -0.3 is 5.11 Å². The van der Waals surface area contributed by atoms with Crippen molar-refractivity contribution in [1.82, 2.24) is 4.90 Å². The van der Waals surface area contributed by atoms with Crippen LogP contribution in [0.15, 0.2) is 17.5 Å². The van der Waals surface area contributed by atoms with Gasteiger partial charge in [0.2, 0.25) is 0 Å². The molecule has 0 bridgehead atoms. The maximum absolute atomic E-state index is 9.20. The summed E-state index contributed by atoms with van der Waals surface area (Å²) in [7, 11) is 0. The zero-order valence-electron chi connectivity index (χ0n) is 8.94. The van der Waals surface area contributed by atoms with Crippen LogP contribution in [0.2, 0.25) is 0 Å². The topological polar surface area (TPSA) is 23.5 Å². The van der Waals surface area contributed by atoms with E-state index in [0.29, 0.717) is 0 Å². The van der Waals surface area contributed by atoms with Crippen LogP contribution >= 0.6 is 11.3 Å². The van der Waals surface area contributed by atoms with E-state index in [4.69, 9.17) is 0 Å². The highest BCUT2D eigenvalue weighted by atomic mass is 32.1. The van der Waals surface area contributed by atoms with E-state index in [1.165, 1.54) is 4.88 Å². The molecule has 0 fully saturated rings. The van der Waals surface area contributed by atoms with Crippen molar-refractivity contribution in [2.45, 2.75) is 32.9 Å². The largest absolute Gasteiger partial charge is 0.393 e. The standard InChI is InChI=1S/C11H19NOS/c1-3-12(7-6-10(2)13)9-11-5-4-8-14-11/h4-5,8,10,13H,3,6-7,9H2,1-2H3. The molecule has 0 aromatic carbocycles. The molecule has 0 aliphatic carbocycles. The molecule has 0 spiro atoms. The van der Waals surface area contributed by atoms with Crippen LogP contribution in [0.3, 0.4) is 0 Å². The summed E-state index contributed by atoms with van der Waals surface area (Å²) in [6, 6.07) is 4.25. The van der Waals surface area contributed by atoms with Gasteiger partial charge in [-0.1, -0.05) is 13.0 Å². The molecule has 0 aliphatic rings. The van der Waals surface area contributed by atoms with Crippen LogP contribution in [0.1, 0.15) is 25.1 Å². The monoisotopic (exact) mass is 213 g/mol. The van der Waals surface area contributed by atoms with E-state index in [1.807, 2.05) is 6.92 Å². The Labute approximate surface area is 90.2 Å². The van der Waals surface area contributed by atoms with Gasteiger partial charge in [0.25, 0.3) is 0 Å². The minimum absolute atomic E-state index is 0.188. The molecule has 0 aliphatic heterocycles. The van der Waals surface area contributed by atoms with Gasteiger partial charge in [-0.05, 0) is 31.3 Å². The van der Waals surface area contributed by atoms with Gasteiger partial charge in [-0.15, -0.1) is 11.3 Å². The van der Waals surface area contributed by atoms with Crippen LogP contribution < -0.4 is 0 Å². The number of thiophene rings is 1. The van der Waals surface area contributed by atoms with Crippen LogP contribution in [-0.2, 0) is 6.54 Å². The number of aliphatic hydroxyl groups is 1. The Balaban J connectivity index is 2.32. The summed E-state index contributed by atoms with van der Waals surface area (Å²) in [5, 5.41) is 11.3. The fourth-order valence-corrected chi connectivity index (χ4v) is 2.09. The lowest BCUT2D eigenvalue weighted by atomic mass is 10.2. The van der Waals surface area contributed by atoms with Crippen LogP contribution in [0.4, 0.5) is 0 Å². The number of hydrogen-bond donors (Lipinski definition) is 1. The normalized spacial score (nSPS) is 13.4. The molecular weight excluding hydrogens is 194 g/mol. The second-order valence-electron chi connectivity index (χ2n) is 3.59. The Morgan fingerprint density at radius 1 is 1.57 bits per heavy atom. The van der Waals surface area contributed by atoms with Gasteiger partial charge in [-0.3, -0.25) is 4.90 Å². The highest BCUT2D eigenvalue weighted by Crippen LogP contribution is 2.12. The van der Waals surface area contributed by atoms with Crippen molar-refractivity contribution in [1.29, 1.82) is 0 Å². The van der Waals surface area contributed by atoms with E-state index in [2.05, 4.69) is 29.3 Å². The summed E-state index contributed by atoms with van der Waals surface area (Å²) >= 11 is 1.80. The van der Waals surface area contributed by atoms with Gasteiger partial charge >= 0.3 is 0 Å². The molecular formula is C11H19NOS. The Bertz CT molecular complexity index is 233. The molecule has 0 amide bonds. The third-order valence-electron chi connectivity index (χ3n) is 2.27. The predicted molar refractivity (Wildman–Crippen MR) is 61.6 cm³/mol. The Hall–Kier alpha value is -0.380. The first kappa shape index (κ1) is 11.7. The summed E-state index contributed by atoms with van der Waals surface area (Å²) in [6.07, 6.45) is 0.673. The maximum atomic E-state index is 9.20. The zero-order chi connectivity index (χ0) is 10.4. The van der Waals surface area contributed by atoms with Gasteiger partial charge in [0.05, 0.1) is 6.10 Å². The second kappa shape index (κ2) is 6.17.